The van der Waals surface area contributed by atoms with E-state index < -0.39 is 0 Å². The van der Waals surface area contributed by atoms with Gasteiger partial charge in [-0.3, -0.25) is 0 Å². The number of piperidine rings is 1. The summed E-state index contributed by atoms with van der Waals surface area (Å²) in [6.07, 6.45) is 2.70. The molecule has 2 nitrogen and oxygen atoms in total. The molecular formula is C13H28N2. The summed E-state index contributed by atoms with van der Waals surface area (Å²) in [5, 5.41) is 3.52. The molecular weight excluding hydrogens is 184 g/mol. The molecule has 0 saturated carbocycles. The molecule has 1 fully saturated rings. The highest BCUT2D eigenvalue weighted by atomic mass is 15.1. The van der Waals surface area contributed by atoms with E-state index in [2.05, 4.69) is 45.0 Å². The van der Waals surface area contributed by atoms with Gasteiger partial charge in [0.05, 0.1) is 0 Å². The Labute approximate surface area is 95.4 Å². The minimum atomic E-state index is 0.410. The fraction of sp³-hybridized carbons (Fsp3) is 1.00. The van der Waals surface area contributed by atoms with E-state index in [4.69, 9.17) is 0 Å². The summed E-state index contributed by atoms with van der Waals surface area (Å²) in [6, 6.07) is 0. The van der Waals surface area contributed by atoms with Crippen molar-refractivity contribution in [3.63, 3.8) is 0 Å². The summed E-state index contributed by atoms with van der Waals surface area (Å²) in [4.78, 5) is 2.49. The summed E-state index contributed by atoms with van der Waals surface area (Å²) < 4.78 is 0. The number of rotatable bonds is 3. The van der Waals surface area contributed by atoms with Crippen LogP contribution in [0.1, 0.15) is 40.5 Å². The van der Waals surface area contributed by atoms with Crippen LogP contribution in [0.4, 0.5) is 0 Å². The molecule has 0 aromatic carbocycles. The summed E-state index contributed by atoms with van der Waals surface area (Å²) >= 11 is 0. The zero-order chi connectivity index (χ0) is 11.5. The molecule has 1 atom stereocenters. The van der Waals surface area contributed by atoms with Gasteiger partial charge < -0.3 is 10.2 Å². The molecule has 1 aliphatic heterocycles. The van der Waals surface area contributed by atoms with Crippen LogP contribution in [-0.2, 0) is 0 Å². The van der Waals surface area contributed by atoms with E-state index in [1.165, 1.54) is 39.0 Å². The van der Waals surface area contributed by atoms with Crippen molar-refractivity contribution in [2.45, 2.75) is 40.5 Å². The Kier molecular flexibility index (Phi) is 4.19. The Morgan fingerprint density at radius 2 is 2.00 bits per heavy atom. The van der Waals surface area contributed by atoms with Crippen LogP contribution in [0.2, 0.25) is 0 Å². The maximum atomic E-state index is 3.52. The van der Waals surface area contributed by atoms with Crippen molar-refractivity contribution in [3.8, 4) is 0 Å². The van der Waals surface area contributed by atoms with E-state index in [1.54, 1.807) is 0 Å². The lowest BCUT2D eigenvalue weighted by molar-refractivity contribution is 0.125. The van der Waals surface area contributed by atoms with E-state index in [-0.39, 0.29) is 0 Å². The van der Waals surface area contributed by atoms with Crippen molar-refractivity contribution in [2.24, 2.45) is 10.8 Å². The lowest BCUT2D eigenvalue weighted by atomic mass is 9.82. The first-order valence-corrected chi connectivity index (χ1v) is 6.20. The van der Waals surface area contributed by atoms with Crippen molar-refractivity contribution < 1.29 is 0 Å². The van der Waals surface area contributed by atoms with Crippen molar-refractivity contribution in [3.05, 3.63) is 0 Å². The van der Waals surface area contributed by atoms with Crippen molar-refractivity contribution in [2.75, 3.05) is 33.2 Å². The summed E-state index contributed by atoms with van der Waals surface area (Å²) in [7, 11) is 2.26. The largest absolute Gasteiger partial charge is 0.316 e. The third kappa shape index (κ3) is 4.98. The van der Waals surface area contributed by atoms with Crippen LogP contribution in [0.15, 0.2) is 0 Å². The lowest BCUT2D eigenvalue weighted by Crippen LogP contribution is -2.46. The molecule has 1 N–H and O–H groups in total. The highest BCUT2D eigenvalue weighted by Gasteiger charge is 2.28. The molecule has 0 radical (unpaired) electrons. The quantitative estimate of drug-likeness (QED) is 0.772. The van der Waals surface area contributed by atoms with E-state index in [1.807, 2.05) is 0 Å². The molecule has 1 saturated heterocycles. The van der Waals surface area contributed by atoms with Gasteiger partial charge in [-0.15, -0.1) is 0 Å². The highest BCUT2D eigenvalue weighted by Crippen LogP contribution is 2.27. The Balaban J connectivity index is 2.38. The SMILES string of the molecule is CN(CC(C)(C)C)CC1(C)CCCNC1. The average molecular weight is 212 g/mol. The van der Waals surface area contributed by atoms with Crippen LogP contribution in [-0.4, -0.2) is 38.1 Å². The number of hydrogen-bond donors (Lipinski definition) is 1. The van der Waals surface area contributed by atoms with Gasteiger partial charge in [0, 0.05) is 19.6 Å². The second-order valence-electron chi connectivity index (χ2n) is 6.82. The minimum absolute atomic E-state index is 0.410. The molecule has 1 aliphatic rings. The monoisotopic (exact) mass is 212 g/mol. The molecule has 0 aromatic heterocycles. The van der Waals surface area contributed by atoms with Crippen molar-refractivity contribution in [1.82, 2.24) is 10.2 Å². The number of hydrogen-bond acceptors (Lipinski definition) is 2. The van der Waals surface area contributed by atoms with Crippen molar-refractivity contribution in [1.29, 1.82) is 0 Å². The van der Waals surface area contributed by atoms with Crippen LogP contribution in [0.5, 0.6) is 0 Å². The van der Waals surface area contributed by atoms with Gasteiger partial charge in [0.1, 0.15) is 0 Å². The zero-order valence-electron chi connectivity index (χ0n) is 11.2. The predicted octanol–water partition coefficient (Wildman–Crippen LogP) is 2.35. The Morgan fingerprint density at radius 3 is 2.47 bits per heavy atom. The maximum absolute atomic E-state index is 3.52. The predicted molar refractivity (Wildman–Crippen MR) is 67.2 cm³/mol. The molecule has 90 valence electrons. The molecule has 1 rings (SSSR count). The van der Waals surface area contributed by atoms with E-state index >= 15 is 0 Å². The Morgan fingerprint density at radius 1 is 1.33 bits per heavy atom. The van der Waals surface area contributed by atoms with Gasteiger partial charge >= 0.3 is 0 Å². The number of nitrogens with zero attached hydrogens (tertiary/aromatic N) is 1. The van der Waals surface area contributed by atoms with Gasteiger partial charge in [-0.05, 0) is 37.3 Å². The third-order valence-electron chi connectivity index (χ3n) is 3.08. The topological polar surface area (TPSA) is 15.3 Å². The van der Waals surface area contributed by atoms with Crippen molar-refractivity contribution >= 4 is 0 Å². The van der Waals surface area contributed by atoms with Crippen LogP contribution in [0.3, 0.4) is 0 Å². The van der Waals surface area contributed by atoms with E-state index in [0.717, 1.165) is 0 Å². The first kappa shape index (κ1) is 13.0. The smallest absolute Gasteiger partial charge is 0.00447 e. The average Bonchev–Trinajstić information content (AvgIpc) is 1.99. The van der Waals surface area contributed by atoms with Crippen LogP contribution < -0.4 is 5.32 Å². The van der Waals surface area contributed by atoms with Gasteiger partial charge in [-0.25, -0.2) is 0 Å². The summed E-state index contributed by atoms with van der Waals surface area (Å²) in [5.74, 6) is 0. The van der Waals surface area contributed by atoms with Gasteiger partial charge in [0.25, 0.3) is 0 Å². The van der Waals surface area contributed by atoms with Gasteiger partial charge in [0.15, 0.2) is 0 Å². The third-order valence-corrected chi connectivity index (χ3v) is 3.08. The molecule has 2 heteroatoms. The van der Waals surface area contributed by atoms with Crippen LogP contribution >= 0.6 is 0 Å². The zero-order valence-corrected chi connectivity index (χ0v) is 11.2. The van der Waals surface area contributed by atoms with Gasteiger partial charge in [-0.2, -0.15) is 0 Å². The molecule has 0 spiro atoms. The Bertz CT molecular complexity index is 187. The summed E-state index contributed by atoms with van der Waals surface area (Å²) in [5.41, 5.74) is 0.894. The van der Waals surface area contributed by atoms with Gasteiger partial charge in [-0.1, -0.05) is 27.7 Å². The standard InChI is InChI=1S/C13H28N2/c1-12(2,3)10-15(5)11-13(4)7-6-8-14-9-13/h14H,6-11H2,1-5H3. The van der Waals surface area contributed by atoms with Crippen LogP contribution in [0, 0.1) is 10.8 Å². The molecule has 0 amide bonds. The van der Waals surface area contributed by atoms with Gasteiger partial charge in [0.2, 0.25) is 0 Å². The Hall–Kier alpha value is -0.0800. The molecule has 0 bridgehead atoms. The molecule has 1 unspecified atom stereocenters. The second-order valence-corrected chi connectivity index (χ2v) is 6.82. The van der Waals surface area contributed by atoms with Crippen LogP contribution in [0.25, 0.3) is 0 Å². The number of nitrogens with one attached hydrogen (secondary N) is 1. The highest BCUT2D eigenvalue weighted by molar-refractivity contribution is 4.84. The second kappa shape index (κ2) is 4.84. The first-order chi connectivity index (χ1) is 6.81. The van der Waals surface area contributed by atoms with E-state index in [0.29, 0.717) is 10.8 Å². The first-order valence-electron chi connectivity index (χ1n) is 6.20. The lowest BCUT2D eigenvalue weighted by Gasteiger charge is -2.39. The minimum Gasteiger partial charge on any atom is -0.316 e. The fourth-order valence-corrected chi connectivity index (χ4v) is 2.77. The summed E-state index contributed by atoms with van der Waals surface area (Å²) in [6.45, 7) is 14.1. The normalized spacial score (nSPS) is 28.4. The maximum Gasteiger partial charge on any atom is 0.00447 e. The molecule has 1 heterocycles. The molecule has 0 aromatic rings. The fourth-order valence-electron chi connectivity index (χ4n) is 2.77. The molecule has 0 aliphatic carbocycles. The molecule has 15 heavy (non-hydrogen) atoms. The van der Waals surface area contributed by atoms with E-state index in [9.17, 15) is 0 Å².